The zero-order chi connectivity index (χ0) is 14.1. The number of hydrogen-bond donors (Lipinski definition) is 0. The van der Waals surface area contributed by atoms with Crippen molar-refractivity contribution in [1.82, 2.24) is 0 Å². The van der Waals surface area contributed by atoms with Gasteiger partial charge in [-0.05, 0) is 25.7 Å². The minimum absolute atomic E-state index is 1.13. The second kappa shape index (κ2) is 8.79. The van der Waals surface area contributed by atoms with Crippen LogP contribution in [-0.2, 0) is 0 Å². The molecule has 0 bridgehead atoms. The van der Waals surface area contributed by atoms with Gasteiger partial charge < -0.3 is 0 Å². The predicted octanol–water partition coefficient (Wildman–Crippen LogP) is 6.58. The third-order valence-corrected chi connectivity index (χ3v) is 6.29. The number of allylic oxidation sites excluding steroid dienone is 2. The molecule has 0 nitrogen and oxygen atoms in total. The summed E-state index contributed by atoms with van der Waals surface area (Å²) in [6, 6.07) is 0. The Morgan fingerprint density at radius 3 is 1.47 bits per heavy atom. The lowest BCUT2D eigenvalue weighted by Gasteiger charge is -2.09. The third kappa shape index (κ3) is 6.60. The monoisotopic (exact) mass is 278 g/mol. The van der Waals surface area contributed by atoms with Crippen LogP contribution in [-0.4, -0.2) is 8.07 Å². The lowest BCUT2D eigenvalue weighted by molar-refractivity contribution is 0.649. The highest BCUT2D eigenvalue weighted by molar-refractivity contribution is 6.87. The Hall–Kier alpha value is -0.303. The molecule has 0 spiro atoms. The van der Waals surface area contributed by atoms with E-state index in [2.05, 4.69) is 38.3 Å². The summed E-state index contributed by atoms with van der Waals surface area (Å²) in [5.41, 5.74) is 8.77. The molecule has 0 N–H and O–H groups in total. The van der Waals surface area contributed by atoms with Crippen molar-refractivity contribution < 1.29 is 0 Å². The summed E-state index contributed by atoms with van der Waals surface area (Å²) in [4.78, 5) is 0. The van der Waals surface area contributed by atoms with Crippen molar-refractivity contribution >= 4 is 8.07 Å². The smallest absolute Gasteiger partial charge is 0.0873 e. The maximum absolute atomic E-state index is 2.66. The fourth-order valence-corrected chi connectivity index (χ4v) is 5.61. The van der Waals surface area contributed by atoms with E-state index >= 15 is 0 Å². The van der Waals surface area contributed by atoms with E-state index in [1.807, 2.05) is 0 Å². The molecule has 0 radical (unpaired) electrons. The molecule has 1 aliphatic rings. The lowest BCUT2D eigenvalue weighted by atomic mass is 9.97. The number of unbranched alkanes of at least 4 members (excludes halogenated alkanes) is 6. The van der Waals surface area contributed by atoms with Crippen LogP contribution in [0, 0.1) is 0 Å². The Labute approximate surface area is 122 Å². The van der Waals surface area contributed by atoms with Gasteiger partial charge in [-0.2, -0.15) is 0 Å². The molecule has 0 saturated heterocycles. The fraction of sp³-hybridized carbons (Fsp3) is 0.778. The van der Waals surface area contributed by atoms with Crippen molar-refractivity contribution in [3.63, 3.8) is 0 Å². The first-order valence-corrected chi connectivity index (χ1v) is 11.7. The van der Waals surface area contributed by atoms with Crippen LogP contribution >= 0.6 is 0 Å². The fourth-order valence-electron chi connectivity index (χ4n) is 3.08. The normalized spacial score (nSPS) is 17.5. The van der Waals surface area contributed by atoms with E-state index in [1.54, 1.807) is 11.1 Å². The van der Waals surface area contributed by atoms with Crippen LogP contribution in [0.5, 0.6) is 0 Å². The van der Waals surface area contributed by atoms with Gasteiger partial charge in [-0.15, -0.1) is 0 Å². The van der Waals surface area contributed by atoms with E-state index < -0.39 is 8.07 Å². The Morgan fingerprint density at radius 1 is 0.684 bits per heavy atom. The molecule has 0 saturated carbocycles. The second-order valence-corrected chi connectivity index (χ2v) is 11.0. The van der Waals surface area contributed by atoms with Crippen molar-refractivity contribution in [2.24, 2.45) is 0 Å². The topological polar surface area (TPSA) is 0 Å². The van der Waals surface area contributed by atoms with Crippen LogP contribution in [0.15, 0.2) is 22.5 Å². The van der Waals surface area contributed by atoms with Crippen LogP contribution in [0.3, 0.4) is 0 Å². The Kier molecular flexibility index (Phi) is 7.75. The third-order valence-electron chi connectivity index (χ3n) is 4.10. The summed E-state index contributed by atoms with van der Waals surface area (Å²) in [6.07, 6.45) is 13.8. The van der Waals surface area contributed by atoms with Gasteiger partial charge in [0.1, 0.15) is 0 Å². The molecule has 1 heterocycles. The molecular weight excluding hydrogens is 244 g/mol. The number of hydrogen-bond acceptors (Lipinski definition) is 0. The zero-order valence-electron chi connectivity index (χ0n) is 13.7. The van der Waals surface area contributed by atoms with Gasteiger partial charge in [0, 0.05) is 0 Å². The quantitative estimate of drug-likeness (QED) is 0.313. The van der Waals surface area contributed by atoms with Gasteiger partial charge in [-0.25, -0.2) is 0 Å². The first-order chi connectivity index (χ1) is 9.09. The standard InChI is InChI=1S/C18H34Si/c1-5-7-9-11-13-17-15-19(3,4)16-18(17)14-12-10-8-6-2/h15-16H,5-14H2,1-4H3. The molecule has 0 unspecified atom stereocenters. The molecule has 0 amide bonds. The van der Waals surface area contributed by atoms with Gasteiger partial charge in [0.05, 0.1) is 8.07 Å². The summed E-state index contributed by atoms with van der Waals surface area (Å²) in [6.45, 7) is 9.56. The zero-order valence-corrected chi connectivity index (χ0v) is 14.7. The Morgan fingerprint density at radius 2 is 1.11 bits per heavy atom. The van der Waals surface area contributed by atoms with Crippen molar-refractivity contribution in [2.75, 3.05) is 0 Å². The van der Waals surface area contributed by atoms with Crippen molar-refractivity contribution in [2.45, 2.75) is 91.1 Å². The van der Waals surface area contributed by atoms with Gasteiger partial charge in [0.2, 0.25) is 0 Å². The molecule has 1 rings (SSSR count). The van der Waals surface area contributed by atoms with Gasteiger partial charge >= 0.3 is 0 Å². The maximum atomic E-state index is 2.66. The molecule has 0 fully saturated rings. The molecular formula is C18H34Si. The first kappa shape index (κ1) is 16.8. The maximum Gasteiger partial charge on any atom is 0.0960 e. The minimum Gasteiger partial charge on any atom is -0.0873 e. The summed E-state index contributed by atoms with van der Waals surface area (Å²) < 4.78 is 0. The molecule has 110 valence electrons. The summed E-state index contributed by atoms with van der Waals surface area (Å²) in [5, 5.41) is 0. The average Bonchev–Trinajstić information content (AvgIpc) is 2.65. The summed E-state index contributed by atoms with van der Waals surface area (Å²) >= 11 is 0. The molecule has 0 aromatic heterocycles. The molecule has 0 aromatic carbocycles. The molecule has 0 aromatic rings. The highest BCUT2D eigenvalue weighted by Crippen LogP contribution is 2.32. The highest BCUT2D eigenvalue weighted by Gasteiger charge is 2.24. The minimum atomic E-state index is -1.13. The van der Waals surface area contributed by atoms with Crippen molar-refractivity contribution in [1.29, 1.82) is 0 Å². The molecule has 0 aliphatic carbocycles. The van der Waals surface area contributed by atoms with Crippen LogP contribution in [0.25, 0.3) is 0 Å². The lowest BCUT2D eigenvalue weighted by Crippen LogP contribution is -2.16. The molecule has 1 heteroatoms. The molecule has 19 heavy (non-hydrogen) atoms. The van der Waals surface area contributed by atoms with Gasteiger partial charge in [-0.3, -0.25) is 0 Å². The average molecular weight is 279 g/mol. The summed E-state index contributed by atoms with van der Waals surface area (Å²) in [7, 11) is -1.13. The largest absolute Gasteiger partial charge is 0.0960 e. The van der Waals surface area contributed by atoms with Crippen molar-refractivity contribution in [3.05, 3.63) is 22.5 Å². The van der Waals surface area contributed by atoms with E-state index in [-0.39, 0.29) is 0 Å². The van der Waals surface area contributed by atoms with E-state index in [0.717, 1.165) is 0 Å². The van der Waals surface area contributed by atoms with E-state index in [1.165, 1.54) is 64.2 Å². The second-order valence-electron chi connectivity index (χ2n) is 6.78. The van der Waals surface area contributed by atoms with Gasteiger partial charge in [-0.1, -0.05) is 88.0 Å². The number of rotatable bonds is 10. The van der Waals surface area contributed by atoms with Crippen molar-refractivity contribution in [3.8, 4) is 0 Å². The van der Waals surface area contributed by atoms with E-state index in [4.69, 9.17) is 0 Å². The van der Waals surface area contributed by atoms with Gasteiger partial charge in [0.25, 0.3) is 0 Å². The predicted molar refractivity (Wildman–Crippen MR) is 91.2 cm³/mol. The Bertz CT molecular complexity index is 280. The van der Waals surface area contributed by atoms with Crippen LogP contribution in [0.1, 0.15) is 78.1 Å². The van der Waals surface area contributed by atoms with Gasteiger partial charge in [0.15, 0.2) is 0 Å². The van der Waals surface area contributed by atoms with E-state index in [0.29, 0.717) is 0 Å². The summed E-state index contributed by atoms with van der Waals surface area (Å²) in [5.74, 6) is 0. The van der Waals surface area contributed by atoms with E-state index in [9.17, 15) is 0 Å². The Balaban J connectivity index is 2.40. The highest BCUT2D eigenvalue weighted by atomic mass is 28.3. The van der Waals surface area contributed by atoms with Crippen LogP contribution < -0.4 is 0 Å². The molecule has 1 aliphatic heterocycles. The van der Waals surface area contributed by atoms with Crippen LogP contribution in [0.2, 0.25) is 13.1 Å². The SMILES string of the molecule is CCCCCCC1=C[Si](C)(C)C=C1CCCCCC. The first-order valence-electron chi connectivity index (χ1n) is 8.53. The molecule has 0 atom stereocenters. The van der Waals surface area contributed by atoms with Crippen LogP contribution in [0.4, 0.5) is 0 Å².